The summed E-state index contributed by atoms with van der Waals surface area (Å²) in [6.45, 7) is 4.73. The van der Waals surface area contributed by atoms with Crippen molar-refractivity contribution < 1.29 is 45.4 Å². The predicted octanol–water partition coefficient (Wildman–Crippen LogP) is 7.86. The zero-order chi connectivity index (χ0) is 43.7. The van der Waals surface area contributed by atoms with E-state index in [1.165, 1.54) is 41.4 Å². The highest BCUT2D eigenvalue weighted by atomic mass is 35.5. The Balaban J connectivity index is 1.18. The SMILES string of the molecule is COC(=O)C1(N(C(=O)C(F)(F)F)c2cccc(Cl)c2)CCC2(CC1)c1cc(OCCNS(=O)(=O)c3cn(C)cn3)ccc1C[C@@H]2C[C@@H](C)COc1ccnc2c1[C@H](C)CCC2. The Hall–Kier alpha value is -4.67. The van der Waals surface area contributed by atoms with Crippen LogP contribution in [0.2, 0.25) is 5.02 Å². The van der Waals surface area contributed by atoms with Crippen LogP contribution in [0.15, 0.2) is 72.3 Å². The zero-order valence-electron chi connectivity index (χ0n) is 34.6. The molecule has 3 aliphatic carbocycles. The summed E-state index contributed by atoms with van der Waals surface area (Å²) in [4.78, 5) is 36.4. The Bertz CT molecular complexity index is 2370. The van der Waals surface area contributed by atoms with Gasteiger partial charge in [-0.3, -0.25) is 14.7 Å². The van der Waals surface area contributed by atoms with Gasteiger partial charge in [0, 0.05) is 48.0 Å². The first-order chi connectivity index (χ1) is 29.0. The third kappa shape index (κ3) is 8.99. The number of esters is 1. The molecule has 2 aromatic heterocycles. The molecule has 1 saturated carbocycles. The first-order valence-corrected chi connectivity index (χ1v) is 22.4. The van der Waals surface area contributed by atoms with Gasteiger partial charge in [0.05, 0.1) is 20.0 Å². The number of anilines is 1. The number of fused-ring (bicyclic) bond motifs is 3. The number of imidazole rings is 1. The van der Waals surface area contributed by atoms with Crippen molar-refractivity contribution >= 4 is 39.2 Å². The second-order valence-electron chi connectivity index (χ2n) is 16.8. The average Bonchev–Trinajstić information content (AvgIpc) is 3.80. The number of benzene rings is 2. The lowest BCUT2D eigenvalue weighted by molar-refractivity contribution is -0.174. The van der Waals surface area contributed by atoms with Gasteiger partial charge in [0.2, 0.25) is 0 Å². The molecule has 7 rings (SSSR count). The number of rotatable bonds is 14. The summed E-state index contributed by atoms with van der Waals surface area (Å²) >= 11 is 6.25. The van der Waals surface area contributed by atoms with Crippen molar-refractivity contribution in [3.63, 3.8) is 0 Å². The summed E-state index contributed by atoms with van der Waals surface area (Å²) in [6, 6.07) is 13.1. The monoisotopic (exact) mass is 885 g/mol. The van der Waals surface area contributed by atoms with Crippen LogP contribution >= 0.6 is 11.6 Å². The normalized spacial score (nSPS) is 22.9. The Kier molecular flexibility index (Phi) is 12.8. The Morgan fingerprint density at radius 1 is 1.08 bits per heavy atom. The molecule has 2 heterocycles. The number of aromatic nitrogens is 3. The van der Waals surface area contributed by atoms with Crippen molar-refractivity contribution in [1.29, 1.82) is 0 Å². The van der Waals surface area contributed by atoms with Gasteiger partial charge in [0.1, 0.15) is 23.6 Å². The van der Waals surface area contributed by atoms with Crippen molar-refractivity contribution in [1.82, 2.24) is 19.3 Å². The molecule has 4 aromatic rings. The van der Waals surface area contributed by atoms with Crippen molar-refractivity contribution in [3.8, 4) is 11.5 Å². The van der Waals surface area contributed by atoms with Gasteiger partial charge in [-0.25, -0.2) is 22.9 Å². The standard InChI is InChI=1S/C44H51ClF3N5O7S/c1-28(26-60-37-13-18-49-36-10-5-7-29(2)39(36)37)21-31-22-30-11-12-34(59-20-19-51-61(56,57)38-25-52(3)27-50-38)24-35(30)42(31)14-16-43(17-15-42,41(55)58-4)53(40(54)44(46,47)48)33-9-6-8-32(45)23-33/h6,8-9,11-13,18,23-25,27-29,31,51H,5,7,10,14-17,19-22,26H2,1-4H3/t28-,29-,31+,42?,43?/m1/s1. The van der Waals surface area contributed by atoms with Gasteiger partial charge in [-0.05, 0) is 128 Å². The number of sulfonamides is 1. The van der Waals surface area contributed by atoms with E-state index in [0.29, 0.717) is 36.0 Å². The first-order valence-electron chi connectivity index (χ1n) is 20.6. The minimum absolute atomic E-state index is 0.00653. The Morgan fingerprint density at radius 3 is 2.54 bits per heavy atom. The third-order valence-electron chi connectivity index (χ3n) is 12.7. The molecule has 2 aromatic carbocycles. The molecule has 12 nitrogen and oxygen atoms in total. The number of pyridine rings is 1. The summed E-state index contributed by atoms with van der Waals surface area (Å²) in [5, 5.41) is -0.00872. The van der Waals surface area contributed by atoms with Gasteiger partial charge in [-0.15, -0.1) is 0 Å². The molecule has 17 heteroatoms. The minimum atomic E-state index is -5.31. The molecule has 0 unspecified atom stereocenters. The minimum Gasteiger partial charge on any atom is -0.493 e. The molecule has 0 saturated heterocycles. The van der Waals surface area contributed by atoms with Crippen molar-refractivity contribution in [3.05, 3.63) is 94.7 Å². The maximum atomic E-state index is 14.5. The van der Waals surface area contributed by atoms with Gasteiger partial charge in [0.25, 0.3) is 10.0 Å². The lowest BCUT2D eigenvalue weighted by Gasteiger charge is -2.51. The van der Waals surface area contributed by atoms with Gasteiger partial charge >= 0.3 is 18.1 Å². The second kappa shape index (κ2) is 17.6. The fraction of sp³-hybridized carbons (Fsp3) is 0.500. The number of aryl methyl sites for hydroxylation is 2. The molecular weight excluding hydrogens is 835 g/mol. The summed E-state index contributed by atoms with van der Waals surface area (Å²) in [6.07, 6.45) is 3.94. The average molecular weight is 886 g/mol. The number of halogens is 4. The van der Waals surface area contributed by atoms with Crippen molar-refractivity contribution in [2.75, 3.05) is 31.8 Å². The number of ether oxygens (including phenoxy) is 3. The largest absolute Gasteiger partial charge is 0.493 e. The molecule has 1 amide bonds. The van der Waals surface area contributed by atoms with E-state index in [9.17, 15) is 31.2 Å². The third-order valence-corrected chi connectivity index (χ3v) is 14.3. The topological polar surface area (TPSA) is 142 Å². The lowest BCUT2D eigenvalue weighted by Crippen LogP contribution is -2.63. The molecule has 3 aliphatic rings. The van der Waals surface area contributed by atoms with Gasteiger partial charge in [0.15, 0.2) is 5.03 Å². The lowest BCUT2D eigenvalue weighted by atomic mass is 9.59. The molecule has 328 valence electrons. The van der Waals surface area contributed by atoms with Crippen LogP contribution in [0.25, 0.3) is 0 Å². The fourth-order valence-electron chi connectivity index (χ4n) is 9.87. The summed E-state index contributed by atoms with van der Waals surface area (Å²) in [5.74, 6) is -1.43. The van der Waals surface area contributed by atoms with E-state index in [-0.39, 0.29) is 66.4 Å². The van der Waals surface area contributed by atoms with Crippen LogP contribution < -0.4 is 19.1 Å². The van der Waals surface area contributed by atoms with Gasteiger partial charge < -0.3 is 18.8 Å². The van der Waals surface area contributed by atoms with Crippen LogP contribution in [0.1, 0.15) is 87.1 Å². The Morgan fingerprint density at radius 2 is 1.85 bits per heavy atom. The fourth-order valence-corrected chi connectivity index (χ4v) is 11.1. The maximum Gasteiger partial charge on any atom is 0.471 e. The molecule has 0 bridgehead atoms. The summed E-state index contributed by atoms with van der Waals surface area (Å²) in [7, 11) is -1.08. The predicted molar refractivity (Wildman–Crippen MR) is 222 cm³/mol. The number of hydrogen-bond donors (Lipinski definition) is 1. The molecular formula is C44H51ClF3N5O7S. The number of alkyl halides is 3. The van der Waals surface area contributed by atoms with E-state index in [2.05, 4.69) is 28.5 Å². The highest BCUT2D eigenvalue weighted by Crippen LogP contribution is 2.58. The summed E-state index contributed by atoms with van der Waals surface area (Å²) < 4.78 is 90.7. The quantitative estimate of drug-likeness (QED) is 0.0990. The molecule has 0 aliphatic heterocycles. The van der Waals surface area contributed by atoms with Crippen LogP contribution in [0.5, 0.6) is 11.5 Å². The van der Waals surface area contributed by atoms with E-state index in [1.54, 1.807) is 13.2 Å². The number of carbonyl (C=O) groups excluding carboxylic acids is 2. The Labute approximate surface area is 359 Å². The van der Waals surface area contributed by atoms with Crippen LogP contribution in [-0.4, -0.2) is 73.4 Å². The number of nitrogens with zero attached hydrogens (tertiary/aromatic N) is 4. The van der Waals surface area contributed by atoms with E-state index in [4.69, 9.17) is 25.8 Å². The van der Waals surface area contributed by atoms with Crippen LogP contribution in [0, 0.1) is 11.8 Å². The molecule has 61 heavy (non-hydrogen) atoms. The number of hydrogen-bond acceptors (Lipinski definition) is 9. The van der Waals surface area contributed by atoms with Gasteiger partial charge in [-0.2, -0.15) is 13.2 Å². The van der Waals surface area contributed by atoms with Crippen LogP contribution in [0.4, 0.5) is 18.9 Å². The van der Waals surface area contributed by atoms with Gasteiger partial charge in [-0.1, -0.05) is 37.6 Å². The summed E-state index contributed by atoms with van der Waals surface area (Å²) in [5.41, 5.74) is 1.44. The highest BCUT2D eigenvalue weighted by molar-refractivity contribution is 7.89. The van der Waals surface area contributed by atoms with E-state index < -0.39 is 39.0 Å². The highest BCUT2D eigenvalue weighted by Gasteiger charge is 2.60. The molecule has 1 fully saturated rings. The van der Waals surface area contributed by atoms with E-state index >= 15 is 0 Å². The van der Waals surface area contributed by atoms with Crippen molar-refractivity contribution in [2.24, 2.45) is 18.9 Å². The molecule has 1 N–H and O–H groups in total. The molecule has 1 spiro atoms. The second-order valence-corrected chi connectivity index (χ2v) is 18.9. The van der Waals surface area contributed by atoms with E-state index in [1.807, 2.05) is 24.3 Å². The number of methoxy groups -OCH3 is 1. The van der Waals surface area contributed by atoms with Crippen LogP contribution in [0.3, 0.4) is 0 Å². The first kappa shape index (κ1) is 44.4. The van der Waals surface area contributed by atoms with Crippen molar-refractivity contribution in [2.45, 2.75) is 99.7 Å². The zero-order valence-corrected chi connectivity index (χ0v) is 36.2. The molecule has 3 atom stereocenters. The number of carbonyl (C=O) groups is 2. The number of nitrogens with one attached hydrogen (secondary N) is 1. The van der Waals surface area contributed by atoms with Crippen LogP contribution in [-0.2, 0) is 49.7 Å². The molecule has 0 radical (unpaired) electrons. The van der Waals surface area contributed by atoms with E-state index in [0.717, 1.165) is 54.5 Å². The maximum absolute atomic E-state index is 14.5. The smallest absolute Gasteiger partial charge is 0.471 e. The number of amides is 1.